The second-order valence-electron chi connectivity index (χ2n) is 7.67. The second kappa shape index (κ2) is 10.9. The first-order chi connectivity index (χ1) is 15.0. The van der Waals surface area contributed by atoms with Crippen LogP contribution in [0.4, 0.5) is 0 Å². The zero-order chi connectivity index (χ0) is 22.1. The number of sulfone groups is 1. The zero-order valence-corrected chi connectivity index (χ0v) is 18.6. The minimum absolute atomic E-state index is 0.0375. The normalized spacial score (nSPS) is 18.0. The summed E-state index contributed by atoms with van der Waals surface area (Å²) in [4.78, 5) is 16.4. The van der Waals surface area contributed by atoms with Gasteiger partial charge in [0.05, 0.1) is 11.5 Å². The average Bonchev–Trinajstić information content (AvgIpc) is 3.12. The molecule has 166 valence electrons. The fourth-order valence-electron chi connectivity index (χ4n) is 3.72. The lowest BCUT2D eigenvalue weighted by Crippen LogP contribution is -2.42. The summed E-state index contributed by atoms with van der Waals surface area (Å²) >= 11 is 0. The summed E-state index contributed by atoms with van der Waals surface area (Å²) in [6.45, 7) is 1.06. The van der Waals surface area contributed by atoms with E-state index in [0.29, 0.717) is 25.5 Å². The Morgan fingerprint density at radius 2 is 1.65 bits per heavy atom. The van der Waals surface area contributed by atoms with Crippen molar-refractivity contribution in [2.75, 3.05) is 31.6 Å². The van der Waals surface area contributed by atoms with Gasteiger partial charge in [-0.1, -0.05) is 60.7 Å². The van der Waals surface area contributed by atoms with Gasteiger partial charge in [0.2, 0.25) is 5.91 Å². The molecule has 1 heterocycles. The summed E-state index contributed by atoms with van der Waals surface area (Å²) in [5.41, 5.74) is 2.42. The highest BCUT2D eigenvalue weighted by atomic mass is 32.2. The number of guanidine groups is 1. The largest absolute Gasteiger partial charge is 0.356 e. The standard InChI is InChI=1S/C23H30N4O3S/c1-24-23(25-14-12-22(28)27-20-13-15-31(29,30)17-20)26-16-21(18-8-4-2-5-9-18)19-10-6-3-7-11-19/h2-11,20-21H,12-17H2,1H3,(H,27,28)(H2,24,25,26). The smallest absolute Gasteiger partial charge is 0.222 e. The molecule has 3 rings (SSSR count). The molecule has 8 heteroatoms. The molecule has 1 amide bonds. The maximum Gasteiger partial charge on any atom is 0.222 e. The van der Waals surface area contributed by atoms with Gasteiger partial charge in [0, 0.05) is 38.5 Å². The highest BCUT2D eigenvalue weighted by Gasteiger charge is 2.28. The molecule has 31 heavy (non-hydrogen) atoms. The predicted octanol–water partition coefficient (Wildman–Crippen LogP) is 1.68. The van der Waals surface area contributed by atoms with E-state index in [9.17, 15) is 13.2 Å². The lowest BCUT2D eigenvalue weighted by Gasteiger charge is -2.20. The number of hydrogen-bond acceptors (Lipinski definition) is 4. The van der Waals surface area contributed by atoms with Gasteiger partial charge in [-0.15, -0.1) is 0 Å². The van der Waals surface area contributed by atoms with Crippen molar-refractivity contribution >= 4 is 21.7 Å². The Bertz CT molecular complexity index is 939. The third-order valence-electron chi connectivity index (χ3n) is 5.34. The Morgan fingerprint density at radius 1 is 1.03 bits per heavy atom. The van der Waals surface area contributed by atoms with Crippen molar-refractivity contribution in [3.63, 3.8) is 0 Å². The molecule has 1 fully saturated rings. The maximum absolute atomic E-state index is 12.1. The number of aliphatic imine (C=N–C) groups is 1. The van der Waals surface area contributed by atoms with Gasteiger partial charge in [0.25, 0.3) is 0 Å². The zero-order valence-electron chi connectivity index (χ0n) is 17.8. The van der Waals surface area contributed by atoms with Crippen molar-refractivity contribution in [2.24, 2.45) is 4.99 Å². The number of rotatable bonds is 8. The highest BCUT2D eigenvalue weighted by molar-refractivity contribution is 7.91. The molecule has 0 saturated carbocycles. The highest BCUT2D eigenvalue weighted by Crippen LogP contribution is 2.23. The Kier molecular flexibility index (Phi) is 8.06. The molecule has 0 aliphatic carbocycles. The van der Waals surface area contributed by atoms with Crippen molar-refractivity contribution in [3.05, 3.63) is 71.8 Å². The van der Waals surface area contributed by atoms with Crippen molar-refractivity contribution in [2.45, 2.75) is 24.8 Å². The number of nitrogens with zero attached hydrogens (tertiary/aromatic N) is 1. The topological polar surface area (TPSA) is 99.7 Å². The summed E-state index contributed by atoms with van der Waals surface area (Å²) in [6, 6.07) is 20.3. The summed E-state index contributed by atoms with van der Waals surface area (Å²) < 4.78 is 23.0. The van der Waals surface area contributed by atoms with Crippen molar-refractivity contribution in [1.82, 2.24) is 16.0 Å². The van der Waals surface area contributed by atoms with Crippen LogP contribution in [-0.2, 0) is 14.6 Å². The number of benzene rings is 2. The molecule has 1 aliphatic heterocycles. The van der Waals surface area contributed by atoms with Crippen LogP contribution in [0.5, 0.6) is 0 Å². The molecule has 1 unspecified atom stereocenters. The van der Waals surface area contributed by atoms with E-state index in [1.165, 1.54) is 11.1 Å². The van der Waals surface area contributed by atoms with Crippen molar-refractivity contribution in [3.8, 4) is 0 Å². The van der Waals surface area contributed by atoms with Crippen LogP contribution in [0.25, 0.3) is 0 Å². The predicted molar refractivity (Wildman–Crippen MR) is 124 cm³/mol. The number of nitrogens with one attached hydrogen (secondary N) is 3. The first-order valence-corrected chi connectivity index (χ1v) is 12.3. The summed E-state index contributed by atoms with van der Waals surface area (Å²) in [7, 11) is -1.31. The van der Waals surface area contributed by atoms with Gasteiger partial charge in [0.15, 0.2) is 15.8 Å². The SMILES string of the molecule is CN=C(NCCC(=O)NC1CCS(=O)(=O)C1)NCC(c1ccccc1)c1ccccc1. The van der Waals surface area contributed by atoms with E-state index < -0.39 is 9.84 Å². The second-order valence-corrected chi connectivity index (χ2v) is 9.90. The molecule has 0 spiro atoms. The van der Waals surface area contributed by atoms with Gasteiger partial charge in [0.1, 0.15) is 0 Å². The van der Waals surface area contributed by atoms with Crippen LogP contribution in [0.2, 0.25) is 0 Å². The molecule has 1 aliphatic rings. The van der Waals surface area contributed by atoms with Crippen LogP contribution >= 0.6 is 0 Å². The maximum atomic E-state index is 12.1. The average molecular weight is 443 g/mol. The van der Waals surface area contributed by atoms with Crippen LogP contribution in [0.1, 0.15) is 29.9 Å². The molecule has 0 aromatic heterocycles. The third-order valence-corrected chi connectivity index (χ3v) is 7.11. The summed E-state index contributed by atoms with van der Waals surface area (Å²) in [5.74, 6) is 0.810. The Labute approximate surface area is 184 Å². The molecule has 0 bridgehead atoms. The number of hydrogen-bond donors (Lipinski definition) is 3. The van der Waals surface area contributed by atoms with Gasteiger partial charge in [-0.3, -0.25) is 9.79 Å². The van der Waals surface area contributed by atoms with Crippen molar-refractivity contribution in [1.29, 1.82) is 0 Å². The number of carbonyl (C=O) groups is 1. The van der Waals surface area contributed by atoms with E-state index in [-0.39, 0.29) is 35.8 Å². The molecule has 1 saturated heterocycles. The molecular formula is C23H30N4O3S. The monoisotopic (exact) mass is 442 g/mol. The molecule has 0 radical (unpaired) electrons. The van der Waals surface area contributed by atoms with Gasteiger partial charge in [-0.05, 0) is 17.5 Å². The van der Waals surface area contributed by atoms with Crippen LogP contribution in [0.15, 0.2) is 65.7 Å². The van der Waals surface area contributed by atoms with Crippen LogP contribution in [0, 0.1) is 0 Å². The Balaban J connectivity index is 1.49. The first-order valence-electron chi connectivity index (χ1n) is 10.5. The van der Waals surface area contributed by atoms with E-state index >= 15 is 0 Å². The first kappa shape index (κ1) is 22.8. The fraction of sp³-hybridized carbons (Fsp3) is 0.391. The van der Waals surface area contributed by atoms with E-state index in [1.807, 2.05) is 36.4 Å². The van der Waals surface area contributed by atoms with E-state index in [0.717, 1.165) is 0 Å². The van der Waals surface area contributed by atoms with E-state index in [4.69, 9.17) is 0 Å². The molecular weight excluding hydrogens is 412 g/mol. The summed E-state index contributed by atoms with van der Waals surface area (Å²) in [5, 5.41) is 9.31. The van der Waals surface area contributed by atoms with Crippen LogP contribution in [-0.4, -0.2) is 58.0 Å². The lowest BCUT2D eigenvalue weighted by molar-refractivity contribution is -0.121. The van der Waals surface area contributed by atoms with Gasteiger partial charge in [-0.2, -0.15) is 0 Å². The van der Waals surface area contributed by atoms with E-state index in [1.54, 1.807) is 7.05 Å². The Morgan fingerprint density at radius 3 is 2.16 bits per heavy atom. The minimum atomic E-state index is -3.00. The summed E-state index contributed by atoms with van der Waals surface area (Å²) in [6.07, 6.45) is 0.739. The minimum Gasteiger partial charge on any atom is -0.356 e. The van der Waals surface area contributed by atoms with E-state index in [2.05, 4.69) is 45.2 Å². The molecule has 1 atom stereocenters. The lowest BCUT2D eigenvalue weighted by atomic mass is 9.91. The molecule has 2 aromatic carbocycles. The third kappa shape index (κ3) is 7.10. The van der Waals surface area contributed by atoms with Crippen LogP contribution in [0.3, 0.4) is 0 Å². The van der Waals surface area contributed by atoms with Crippen molar-refractivity contribution < 1.29 is 13.2 Å². The van der Waals surface area contributed by atoms with Gasteiger partial charge in [-0.25, -0.2) is 8.42 Å². The number of amides is 1. The fourth-order valence-corrected chi connectivity index (χ4v) is 5.39. The van der Waals surface area contributed by atoms with Gasteiger partial charge >= 0.3 is 0 Å². The van der Waals surface area contributed by atoms with Gasteiger partial charge < -0.3 is 16.0 Å². The number of carbonyl (C=O) groups excluding carboxylic acids is 1. The molecule has 3 N–H and O–H groups in total. The van der Waals surface area contributed by atoms with Crippen LogP contribution < -0.4 is 16.0 Å². The molecule has 7 nitrogen and oxygen atoms in total. The molecule has 2 aromatic rings. The Hall–Kier alpha value is -2.87. The quantitative estimate of drug-likeness (QED) is 0.427.